The molecule has 0 aliphatic heterocycles. The Hall–Kier alpha value is -4.28. The van der Waals surface area contributed by atoms with Gasteiger partial charge < -0.3 is 0 Å². The molecule has 0 amide bonds. The molecule has 0 aliphatic carbocycles. The number of benzene rings is 2. The average Bonchev–Trinajstić information content (AvgIpc) is 2.91. The van der Waals surface area contributed by atoms with Gasteiger partial charge in [-0.05, 0) is 96.7 Å². The average molecular weight is 541 g/mol. The molecule has 0 fully saturated rings. The number of hydrogen-bond acceptors (Lipinski definition) is 3. The van der Waals surface area contributed by atoms with Crippen LogP contribution in [0.4, 0.5) is 5.69 Å². The number of nitriles is 1. The fourth-order valence-corrected chi connectivity index (χ4v) is 5.15. The van der Waals surface area contributed by atoms with Crippen molar-refractivity contribution < 1.29 is 0 Å². The molecule has 2 heterocycles. The van der Waals surface area contributed by atoms with Crippen LogP contribution in [0.1, 0.15) is 83.5 Å². The summed E-state index contributed by atoms with van der Waals surface area (Å²) < 4.78 is 0. The normalized spacial score (nSPS) is 12.0. The summed E-state index contributed by atoms with van der Waals surface area (Å²) in [5.74, 6) is 0. The van der Waals surface area contributed by atoms with Crippen molar-refractivity contribution in [2.24, 2.45) is 10.8 Å². The molecule has 4 aromatic rings. The minimum atomic E-state index is -0.504. The van der Waals surface area contributed by atoms with Gasteiger partial charge in [0.05, 0.1) is 41.0 Å². The molecule has 208 valence electrons. The predicted molar refractivity (Wildman–Crippen MR) is 169 cm³/mol. The summed E-state index contributed by atoms with van der Waals surface area (Å²) in [6, 6.07) is 26.4. The van der Waals surface area contributed by atoms with Gasteiger partial charge >= 0.3 is 0 Å². The molecular formula is C37H40N4. The van der Waals surface area contributed by atoms with Crippen LogP contribution in [0.15, 0.2) is 72.8 Å². The van der Waals surface area contributed by atoms with Crippen LogP contribution in [0.3, 0.4) is 0 Å². The van der Waals surface area contributed by atoms with Crippen molar-refractivity contribution in [1.82, 2.24) is 9.97 Å². The van der Waals surface area contributed by atoms with Crippen LogP contribution in [0.25, 0.3) is 27.4 Å². The minimum Gasteiger partial charge on any atom is -0.252 e. The van der Waals surface area contributed by atoms with Gasteiger partial charge in [0.15, 0.2) is 5.69 Å². The second kappa shape index (κ2) is 11.3. The van der Waals surface area contributed by atoms with Crippen molar-refractivity contribution >= 4 is 5.69 Å². The van der Waals surface area contributed by atoms with Gasteiger partial charge in [-0.15, -0.1) is 0 Å². The van der Waals surface area contributed by atoms with Gasteiger partial charge in [0.2, 0.25) is 0 Å². The van der Waals surface area contributed by atoms with Crippen LogP contribution in [-0.4, -0.2) is 9.97 Å². The van der Waals surface area contributed by atoms with Crippen LogP contribution in [0.5, 0.6) is 0 Å². The first kappa shape index (κ1) is 29.7. The SMILES string of the molecule is [C-]#[N+]c1cccc(-c2cc(CC(C)(C)C)cc(C(C)(C)c3cc(CC(C)(C)C)cc(-c4cccc(C#N)c4)n3)n2)c1. The highest BCUT2D eigenvalue weighted by Gasteiger charge is 2.30. The summed E-state index contributed by atoms with van der Waals surface area (Å²) in [5, 5.41) is 9.51. The van der Waals surface area contributed by atoms with Gasteiger partial charge in [0.1, 0.15) is 0 Å². The van der Waals surface area contributed by atoms with E-state index < -0.39 is 5.41 Å². The van der Waals surface area contributed by atoms with E-state index in [1.165, 1.54) is 11.1 Å². The molecule has 0 atom stereocenters. The highest BCUT2D eigenvalue weighted by molar-refractivity contribution is 5.67. The molecular weight excluding hydrogens is 500 g/mol. The maximum atomic E-state index is 9.51. The Bertz CT molecular complexity index is 1530. The fraction of sp³-hybridized carbons (Fsp3) is 0.351. The summed E-state index contributed by atoms with van der Waals surface area (Å²) in [7, 11) is 0. The van der Waals surface area contributed by atoms with Crippen LogP contribution < -0.4 is 0 Å². The van der Waals surface area contributed by atoms with Crippen LogP contribution in [0, 0.1) is 28.7 Å². The second-order valence-electron chi connectivity index (χ2n) is 13.9. The summed E-state index contributed by atoms with van der Waals surface area (Å²) in [6.07, 6.45) is 1.80. The maximum Gasteiger partial charge on any atom is 0.187 e. The van der Waals surface area contributed by atoms with E-state index >= 15 is 0 Å². The van der Waals surface area contributed by atoms with E-state index in [1.807, 2.05) is 48.5 Å². The van der Waals surface area contributed by atoms with Crippen molar-refractivity contribution in [2.75, 3.05) is 0 Å². The third-order valence-electron chi connectivity index (χ3n) is 7.08. The summed E-state index contributed by atoms with van der Waals surface area (Å²) in [6.45, 7) is 25.3. The van der Waals surface area contributed by atoms with Crippen LogP contribution in [0.2, 0.25) is 0 Å². The zero-order valence-corrected chi connectivity index (χ0v) is 25.6. The lowest BCUT2D eigenvalue weighted by molar-refractivity contribution is 0.410. The number of rotatable bonds is 6. The Morgan fingerprint density at radius 2 is 1.17 bits per heavy atom. The van der Waals surface area contributed by atoms with E-state index in [0.29, 0.717) is 11.3 Å². The van der Waals surface area contributed by atoms with Gasteiger partial charge in [-0.2, -0.15) is 5.26 Å². The molecule has 0 saturated heterocycles. The standard InChI is InChI=1S/C37H40N4/c1-35(2,3)22-26-17-31(28-13-10-12-25(16-28)24-38)40-33(19-26)37(7,8)34-20-27(23-36(4,5)6)18-32(41-34)29-14-11-15-30(21-29)39-9/h10-21H,22-23H2,1-8H3. The molecule has 4 nitrogen and oxygen atoms in total. The molecule has 0 unspecified atom stereocenters. The second-order valence-corrected chi connectivity index (χ2v) is 13.9. The molecule has 41 heavy (non-hydrogen) atoms. The Balaban J connectivity index is 1.92. The molecule has 0 saturated carbocycles. The smallest absolute Gasteiger partial charge is 0.187 e. The first-order valence-electron chi connectivity index (χ1n) is 14.2. The quantitative estimate of drug-likeness (QED) is 0.229. The monoisotopic (exact) mass is 540 g/mol. The lowest BCUT2D eigenvalue weighted by Crippen LogP contribution is -2.24. The predicted octanol–water partition coefficient (Wildman–Crippen LogP) is 9.74. The molecule has 0 bridgehead atoms. The topological polar surface area (TPSA) is 53.9 Å². The highest BCUT2D eigenvalue weighted by atomic mass is 14.8. The van der Waals surface area contributed by atoms with Gasteiger partial charge in [-0.1, -0.05) is 71.9 Å². The fourth-order valence-electron chi connectivity index (χ4n) is 5.15. The molecule has 0 radical (unpaired) electrons. The Kier molecular flexibility index (Phi) is 8.19. The summed E-state index contributed by atoms with van der Waals surface area (Å²) >= 11 is 0. The molecule has 2 aromatic heterocycles. The molecule has 4 rings (SSSR count). The first-order valence-corrected chi connectivity index (χ1v) is 14.2. The number of aromatic nitrogens is 2. The van der Waals surface area contributed by atoms with Gasteiger partial charge in [0.25, 0.3) is 0 Å². The molecule has 2 aromatic carbocycles. The summed E-state index contributed by atoms with van der Waals surface area (Å²) in [5.41, 5.74) is 8.83. The van der Waals surface area contributed by atoms with Crippen LogP contribution in [-0.2, 0) is 18.3 Å². The van der Waals surface area contributed by atoms with E-state index in [9.17, 15) is 5.26 Å². The lowest BCUT2D eigenvalue weighted by atomic mass is 9.80. The van der Waals surface area contributed by atoms with E-state index in [-0.39, 0.29) is 10.8 Å². The van der Waals surface area contributed by atoms with Crippen molar-refractivity contribution in [3.8, 4) is 28.6 Å². The molecule has 0 N–H and O–H groups in total. The van der Waals surface area contributed by atoms with E-state index in [4.69, 9.17) is 16.5 Å². The van der Waals surface area contributed by atoms with Crippen molar-refractivity contribution in [3.05, 3.63) is 112 Å². The number of hydrogen-bond donors (Lipinski definition) is 0. The third kappa shape index (κ3) is 7.47. The zero-order chi connectivity index (χ0) is 30.0. The zero-order valence-electron chi connectivity index (χ0n) is 25.6. The highest BCUT2D eigenvalue weighted by Crippen LogP contribution is 2.36. The van der Waals surface area contributed by atoms with Crippen LogP contribution >= 0.6 is 0 Å². The Morgan fingerprint density at radius 1 is 0.683 bits per heavy atom. The molecule has 0 aliphatic rings. The maximum absolute atomic E-state index is 9.51. The number of pyridine rings is 2. The van der Waals surface area contributed by atoms with E-state index in [0.717, 1.165) is 46.7 Å². The van der Waals surface area contributed by atoms with Crippen molar-refractivity contribution in [3.63, 3.8) is 0 Å². The first-order chi connectivity index (χ1) is 19.2. The molecule has 0 spiro atoms. The van der Waals surface area contributed by atoms with Crippen molar-refractivity contribution in [1.29, 1.82) is 5.26 Å². The lowest BCUT2D eigenvalue weighted by Gasteiger charge is -2.28. The number of nitrogens with zero attached hydrogens (tertiary/aromatic N) is 4. The largest absolute Gasteiger partial charge is 0.252 e. The van der Waals surface area contributed by atoms with E-state index in [1.54, 1.807) is 0 Å². The van der Waals surface area contributed by atoms with Gasteiger partial charge in [-0.3, -0.25) is 9.97 Å². The Morgan fingerprint density at radius 3 is 1.63 bits per heavy atom. The molecule has 4 heteroatoms. The Labute approximate surface area is 246 Å². The minimum absolute atomic E-state index is 0.0977. The van der Waals surface area contributed by atoms with E-state index in [2.05, 4.69) is 90.6 Å². The van der Waals surface area contributed by atoms with Crippen molar-refractivity contribution in [2.45, 2.75) is 73.6 Å². The summed E-state index contributed by atoms with van der Waals surface area (Å²) in [4.78, 5) is 14.0. The van der Waals surface area contributed by atoms with Gasteiger partial charge in [0, 0.05) is 11.0 Å². The third-order valence-corrected chi connectivity index (χ3v) is 7.08. The van der Waals surface area contributed by atoms with Gasteiger partial charge in [-0.25, -0.2) is 4.85 Å².